The molecule has 48 heavy (non-hydrogen) atoms. The Morgan fingerprint density at radius 1 is 1.21 bits per heavy atom. The average Bonchev–Trinajstić information content (AvgIpc) is 3.76. The average molecular weight is 703 g/mol. The Balaban J connectivity index is 0.000000986. The van der Waals surface area contributed by atoms with Gasteiger partial charge < -0.3 is 14.4 Å². The van der Waals surface area contributed by atoms with Crippen molar-refractivity contribution >= 4 is 63.9 Å². The molecule has 2 aliphatic heterocycles. The molecule has 3 aromatic heterocycles. The van der Waals surface area contributed by atoms with E-state index in [0.29, 0.717) is 34.6 Å². The number of thiophene rings is 1. The van der Waals surface area contributed by atoms with Crippen molar-refractivity contribution in [2.75, 3.05) is 23.3 Å². The topological polar surface area (TPSA) is 113 Å². The van der Waals surface area contributed by atoms with Gasteiger partial charge in [0.25, 0.3) is 0 Å². The number of pyridine rings is 1. The molecule has 5 heterocycles. The number of alkyl halides is 2. The monoisotopic (exact) mass is 702 g/mol. The first-order chi connectivity index (χ1) is 22.8. The highest BCUT2D eigenvalue weighted by molar-refractivity contribution is 7.29. The fourth-order valence-electron chi connectivity index (χ4n) is 5.73. The Labute approximate surface area is 285 Å². The Hall–Kier alpha value is -3.59. The molecule has 3 unspecified atom stereocenters. The fourth-order valence-corrected chi connectivity index (χ4v) is 7.30. The number of rotatable bonds is 4. The van der Waals surface area contributed by atoms with Crippen molar-refractivity contribution in [1.29, 1.82) is 5.26 Å². The SMILES string of the molecule is CC.CC1CN(c2ncc3c4c(c(-c5ncc(F)c6sc(NC(=O)OC(C)(C)C)c(C#N)c56)c(P)c3n2)COC4)CC1C(F)F.CCC. The van der Waals surface area contributed by atoms with Crippen molar-refractivity contribution in [3.63, 3.8) is 0 Å². The molecule has 1 aromatic carbocycles. The lowest BCUT2D eigenvalue weighted by atomic mass is 9.94. The number of hydrogen-bond acceptors (Lipinski definition) is 9. The minimum absolute atomic E-state index is 0.0532. The van der Waals surface area contributed by atoms with Gasteiger partial charge in [-0.25, -0.2) is 27.9 Å². The molecular weight excluding hydrogens is 660 g/mol. The van der Waals surface area contributed by atoms with E-state index in [9.17, 15) is 18.8 Å². The molecule has 0 spiro atoms. The summed E-state index contributed by atoms with van der Waals surface area (Å²) in [6.07, 6.45) is 0.813. The van der Waals surface area contributed by atoms with Gasteiger partial charge in [-0.2, -0.15) is 5.26 Å². The number of halogens is 3. The first-order valence-electron chi connectivity index (χ1n) is 16.0. The highest BCUT2D eigenvalue weighted by Gasteiger charge is 2.37. The maximum absolute atomic E-state index is 15.2. The van der Waals surface area contributed by atoms with Crippen molar-refractivity contribution in [3.05, 3.63) is 34.9 Å². The summed E-state index contributed by atoms with van der Waals surface area (Å²) >= 11 is 0.922. The zero-order valence-corrected chi connectivity index (χ0v) is 30.5. The van der Waals surface area contributed by atoms with E-state index in [4.69, 9.17) is 14.5 Å². The molecule has 14 heteroatoms. The van der Waals surface area contributed by atoms with Crippen LogP contribution in [0.3, 0.4) is 0 Å². The molecule has 258 valence electrons. The van der Waals surface area contributed by atoms with Gasteiger partial charge in [0.15, 0.2) is 5.82 Å². The molecule has 1 amide bonds. The van der Waals surface area contributed by atoms with E-state index >= 15 is 4.39 Å². The second kappa shape index (κ2) is 15.3. The lowest BCUT2D eigenvalue weighted by molar-refractivity contribution is 0.0635. The molecule has 0 aliphatic carbocycles. The molecule has 1 saturated heterocycles. The highest BCUT2D eigenvalue weighted by atomic mass is 32.1. The maximum atomic E-state index is 15.2. The van der Waals surface area contributed by atoms with E-state index in [1.165, 1.54) is 6.42 Å². The smallest absolute Gasteiger partial charge is 0.412 e. The summed E-state index contributed by atoms with van der Waals surface area (Å²) in [7, 11) is 2.68. The molecule has 0 bridgehead atoms. The van der Waals surface area contributed by atoms with Gasteiger partial charge in [0.05, 0.1) is 40.9 Å². The van der Waals surface area contributed by atoms with Gasteiger partial charge in [-0.15, -0.1) is 20.6 Å². The molecule has 2 aliphatic rings. The first kappa shape index (κ1) is 37.2. The van der Waals surface area contributed by atoms with Crippen LogP contribution in [0.2, 0.25) is 0 Å². The molecular formula is C34H42F3N6O3PS. The van der Waals surface area contributed by atoms with E-state index < -0.39 is 29.9 Å². The zero-order valence-electron chi connectivity index (χ0n) is 28.5. The summed E-state index contributed by atoms with van der Waals surface area (Å²) in [4.78, 5) is 28.1. The van der Waals surface area contributed by atoms with Gasteiger partial charge in [-0.3, -0.25) is 10.3 Å². The zero-order chi connectivity index (χ0) is 35.5. The standard InChI is InChI=1S/C29H28F3N6O3PS.C3H8.C2H6/c1-12-8-38(9-15(12)25(31)32)27-35-6-14-16-10-40-11-17(16)19(23(42)21(14)36-27)22-20-13(5-33)26(37-28(39)41-29(2,3)4)43-24(20)18(30)7-34-22;1-3-2;1-2/h6-7,12,15,25H,8-11,42H2,1-4H3,(H,37,39);3H2,1-2H3;1-2H3. The second-order valence-electron chi connectivity index (χ2n) is 12.5. The van der Waals surface area contributed by atoms with Crippen molar-refractivity contribution in [3.8, 4) is 17.3 Å². The Kier molecular flexibility index (Phi) is 11.9. The molecule has 0 saturated carbocycles. The fraction of sp³-hybridized carbons (Fsp3) is 0.500. The minimum atomic E-state index is -2.44. The number of nitriles is 1. The van der Waals surface area contributed by atoms with Crippen LogP contribution in [0.4, 0.5) is 28.9 Å². The quantitative estimate of drug-likeness (QED) is 0.211. The number of fused-ring (bicyclic) bond motifs is 4. The maximum Gasteiger partial charge on any atom is 0.412 e. The summed E-state index contributed by atoms with van der Waals surface area (Å²) in [5, 5.41) is 14.5. The van der Waals surface area contributed by atoms with Gasteiger partial charge in [0.1, 0.15) is 16.7 Å². The van der Waals surface area contributed by atoms with E-state index in [1.54, 1.807) is 38.8 Å². The van der Waals surface area contributed by atoms with Crippen molar-refractivity contribution in [1.82, 2.24) is 15.0 Å². The molecule has 0 radical (unpaired) electrons. The molecule has 4 aromatic rings. The Morgan fingerprint density at radius 3 is 2.48 bits per heavy atom. The van der Waals surface area contributed by atoms with Crippen LogP contribution < -0.4 is 15.5 Å². The van der Waals surface area contributed by atoms with Gasteiger partial charge in [-0.1, -0.05) is 41.0 Å². The largest absolute Gasteiger partial charge is 0.444 e. The Bertz CT molecular complexity index is 1860. The number of carbonyl (C=O) groups is 1. The summed E-state index contributed by atoms with van der Waals surface area (Å²) < 4.78 is 53.7. The normalized spacial score (nSPS) is 17.0. The van der Waals surface area contributed by atoms with Crippen molar-refractivity contribution in [2.45, 2.75) is 87.1 Å². The van der Waals surface area contributed by atoms with Gasteiger partial charge in [0.2, 0.25) is 12.4 Å². The third kappa shape index (κ3) is 7.36. The van der Waals surface area contributed by atoms with Crippen LogP contribution in [0.5, 0.6) is 0 Å². The lowest BCUT2D eigenvalue weighted by Gasteiger charge is -2.19. The number of nitrogens with one attached hydrogen (secondary N) is 1. The number of ether oxygens (including phenoxy) is 2. The number of amides is 1. The third-order valence-electron chi connectivity index (χ3n) is 7.69. The number of benzene rings is 1. The predicted molar refractivity (Wildman–Crippen MR) is 189 cm³/mol. The minimum Gasteiger partial charge on any atom is -0.444 e. The molecule has 1 N–H and O–H groups in total. The number of carbonyl (C=O) groups excluding carboxylic acids is 1. The van der Waals surface area contributed by atoms with Gasteiger partial charge in [0, 0.05) is 46.8 Å². The first-order valence-corrected chi connectivity index (χ1v) is 17.4. The van der Waals surface area contributed by atoms with Crippen LogP contribution in [-0.4, -0.2) is 46.2 Å². The second-order valence-corrected chi connectivity index (χ2v) is 14.1. The third-order valence-corrected chi connectivity index (χ3v) is 9.37. The van der Waals surface area contributed by atoms with Crippen LogP contribution in [0.1, 0.15) is 78.5 Å². The summed E-state index contributed by atoms with van der Waals surface area (Å²) in [5.41, 5.74) is 2.42. The number of nitrogens with zero attached hydrogens (tertiary/aromatic N) is 5. The van der Waals surface area contributed by atoms with Crippen LogP contribution in [0.15, 0.2) is 12.4 Å². The van der Waals surface area contributed by atoms with E-state index in [-0.39, 0.29) is 46.3 Å². The Morgan fingerprint density at radius 2 is 1.88 bits per heavy atom. The van der Waals surface area contributed by atoms with Gasteiger partial charge in [-0.05, 0) is 37.8 Å². The predicted octanol–water partition coefficient (Wildman–Crippen LogP) is 8.57. The van der Waals surface area contributed by atoms with Crippen molar-refractivity contribution < 1.29 is 27.4 Å². The number of anilines is 2. The highest BCUT2D eigenvalue weighted by Crippen LogP contribution is 2.44. The van der Waals surface area contributed by atoms with E-state index in [2.05, 4.69) is 44.4 Å². The lowest BCUT2D eigenvalue weighted by Crippen LogP contribution is -2.27. The van der Waals surface area contributed by atoms with Crippen LogP contribution in [-0.2, 0) is 22.7 Å². The molecule has 1 fully saturated rings. The summed E-state index contributed by atoms with van der Waals surface area (Å²) in [6.45, 7) is 16.3. The van der Waals surface area contributed by atoms with Crippen LogP contribution >= 0.6 is 20.6 Å². The van der Waals surface area contributed by atoms with Gasteiger partial charge >= 0.3 is 6.09 Å². The van der Waals surface area contributed by atoms with Crippen molar-refractivity contribution in [2.24, 2.45) is 11.8 Å². The van der Waals surface area contributed by atoms with E-state index in [1.807, 2.05) is 13.8 Å². The van der Waals surface area contributed by atoms with Crippen LogP contribution in [0, 0.1) is 29.0 Å². The molecule has 9 nitrogen and oxygen atoms in total. The summed E-state index contributed by atoms with van der Waals surface area (Å²) in [5.74, 6) is -1.30. The molecule has 3 atom stereocenters. The summed E-state index contributed by atoms with van der Waals surface area (Å²) in [6, 6.07) is 2.11. The van der Waals surface area contributed by atoms with Crippen LogP contribution in [0.25, 0.3) is 32.2 Å². The van der Waals surface area contributed by atoms with E-state index in [0.717, 1.165) is 34.0 Å². The number of hydrogen-bond donors (Lipinski definition) is 1. The number of aromatic nitrogens is 3. The molecule has 6 rings (SSSR count).